The first-order valence-electron chi connectivity index (χ1n) is 19.4. The normalized spacial score (nSPS) is 24.6. The van der Waals surface area contributed by atoms with E-state index >= 15 is 0 Å². The van der Waals surface area contributed by atoms with Crippen LogP contribution in [0.1, 0.15) is 135 Å². The van der Waals surface area contributed by atoms with Crippen molar-refractivity contribution in [3.63, 3.8) is 0 Å². The Bertz CT molecular complexity index is 1620. The summed E-state index contributed by atoms with van der Waals surface area (Å²) in [4.78, 5) is 4.11. The van der Waals surface area contributed by atoms with Gasteiger partial charge in [0, 0.05) is 4.47 Å². The number of rotatable bonds is 4. The summed E-state index contributed by atoms with van der Waals surface area (Å²) in [6.07, 6.45) is 20.7. The van der Waals surface area contributed by atoms with E-state index in [1.54, 1.807) is 5.56 Å². The minimum atomic E-state index is -0.214. The maximum atomic E-state index is 10.7. The number of halogens is 2. The van der Waals surface area contributed by atoms with Gasteiger partial charge in [0.2, 0.25) is 0 Å². The molecule has 2 aromatic carbocycles. The van der Waals surface area contributed by atoms with Crippen molar-refractivity contribution >= 4 is 36.3 Å². The van der Waals surface area contributed by atoms with Gasteiger partial charge < -0.3 is 10.1 Å². The number of aromatic nitrogens is 1. The standard InChI is InChI=1S/C23H26Br2O.C10H15N.C6H8N.C5H10.Mo/c1-14-17(18-8-4-2-6-15(18)12-21(14)24)10-11-20-19-9-5-3-7-16(19)13-22(25)23(20)26;11-10-4-7-1-8(5-10)3-9(2-7)6-10;1-5-3-4-6(2)7-5;1-5(2,3)4;/h12-13,26H,2-11H2,1H3;7-9H,1-6H2;3-4H,1-2H3;1H,2-4H3;/q;;-1;;. The Balaban J connectivity index is 0.000000153. The number of hydrogen-bond donors (Lipinski definition) is 1. The Kier molecular flexibility index (Phi) is 12.7. The predicted octanol–water partition coefficient (Wildman–Crippen LogP) is 12.1. The Hall–Kier alpha value is -1.16. The number of phenols is 1. The van der Waals surface area contributed by atoms with Gasteiger partial charge in [0.25, 0.3) is 0 Å². The molecular weight excluding hydrogens is 828 g/mol. The van der Waals surface area contributed by atoms with Crippen molar-refractivity contribution < 1.29 is 23.0 Å². The van der Waals surface area contributed by atoms with Gasteiger partial charge in [-0.2, -0.15) is 11.4 Å². The summed E-state index contributed by atoms with van der Waals surface area (Å²) in [6.45, 7) is 13.2. The average Bonchev–Trinajstić information content (AvgIpc) is 3.44. The summed E-state index contributed by atoms with van der Waals surface area (Å²) in [5, 5.41) is 10.7. The molecule has 1 heterocycles. The van der Waals surface area contributed by atoms with Gasteiger partial charge in [-0.1, -0.05) is 41.9 Å². The summed E-state index contributed by atoms with van der Waals surface area (Å²) in [7, 11) is 0. The van der Waals surface area contributed by atoms with E-state index in [1.807, 2.05) is 26.0 Å². The maximum absolute atomic E-state index is 10.7. The van der Waals surface area contributed by atoms with Crippen LogP contribution < -0.4 is 4.98 Å². The van der Waals surface area contributed by atoms with Gasteiger partial charge in [-0.25, -0.2) is 0 Å². The van der Waals surface area contributed by atoms with Gasteiger partial charge in [-0.05, 0) is 138 Å². The molecule has 1 aromatic heterocycles. The Morgan fingerprint density at radius 3 is 1.76 bits per heavy atom. The SMILES string of the molecule is CC(C)(C)[CH]=[Mo]=[N]C12CC3CC(CC(C3)C1)C2.Cc1c(Br)cc2c(c1CCc1c(O)c(Br)cc3c1CCCC3)CCCC2.Cc1ccc(C)[n-]1. The minimum absolute atomic E-state index is 0.214. The van der Waals surface area contributed by atoms with Crippen molar-refractivity contribution in [3.8, 4) is 5.75 Å². The van der Waals surface area contributed by atoms with E-state index in [-0.39, 0.29) is 17.9 Å². The largest absolute Gasteiger partial charge is 0.665 e. The Labute approximate surface area is 327 Å². The van der Waals surface area contributed by atoms with Gasteiger partial charge in [0.15, 0.2) is 0 Å². The Morgan fingerprint density at radius 1 is 0.780 bits per heavy atom. The molecule has 0 spiro atoms. The van der Waals surface area contributed by atoms with Gasteiger partial charge in [-0.15, -0.1) is 0 Å². The van der Waals surface area contributed by atoms with Crippen molar-refractivity contribution in [3.05, 3.63) is 83.5 Å². The van der Waals surface area contributed by atoms with E-state index in [9.17, 15) is 5.11 Å². The summed E-state index contributed by atoms with van der Waals surface area (Å²) in [6, 6.07) is 8.50. The van der Waals surface area contributed by atoms with E-state index in [0.29, 0.717) is 16.7 Å². The van der Waals surface area contributed by atoms with Gasteiger partial charge in [-0.3, -0.25) is 0 Å². The summed E-state index contributed by atoms with van der Waals surface area (Å²) in [5.74, 6) is 3.61. The van der Waals surface area contributed by atoms with Crippen LogP contribution in [0.25, 0.3) is 0 Å². The van der Waals surface area contributed by atoms with E-state index in [1.165, 1.54) is 115 Å². The molecule has 4 fully saturated rings. The second-order valence-corrected chi connectivity index (χ2v) is 20.6. The molecule has 3 nitrogen and oxygen atoms in total. The van der Waals surface area contributed by atoms with Gasteiger partial charge in [0.1, 0.15) is 5.75 Å². The molecule has 4 bridgehead atoms. The summed E-state index contributed by atoms with van der Waals surface area (Å²) >= 11 is 7.15. The maximum Gasteiger partial charge on any atom is 0.133 e. The smallest absolute Gasteiger partial charge is 0.133 e. The van der Waals surface area contributed by atoms with Gasteiger partial charge >= 0.3 is 114 Å². The average molecular weight is 888 g/mol. The molecule has 0 radical (unpaired) electrons. The minimum Gasteiger partial charge on any atom is -0.665 e. The fourth-order valence-corrected chi connectivity index (χ4v) is 13.0. The van der Waals surface area contributed by atoms with Crippen LogP contribution in [0.2, 0.25) is 0 Å². The molecule has 3 aromatic rings. The van der Waals surface area contributed by atoms with Crippen molar-refractivity contribution in [1.82, 2.24) is 4.98 Å². The molecule has 1 N–H and O–H groups in total. The number of aryl methyl sites for hydroxylation is 4. The van der Waals surface area contributed by atoms with Crippen molar-refractivity contribution in [2.45, 2.75) is 150 Å². The molecule has 0 atom stereocenters. The first-order chi connectivity index (χ1) is 23.8. The predicted molar refractivity (Wildman–Crippen MR) is 213 cm³/mol. The molecule has 6 heteroatoms. The molecule has 50 heavy (non-hydrogen) atoms. The second-order valence-electron chi connectivity index (χ2n) is 17.4. The van der Waals surface area contributed by atoms with Crippen molar-refractivity contribution in [2.24, 2.45) is 26.7 Å². The third-order valence-electron chi connectivity index (χ3n) is 11.9. The quantitative estimate of drug-likeness (QED) is 0.265. The zero-order valence-electron chi connectivity index (χ0n) is 31.4. The number of phenolic OH excluding ortho intramolecular Hbond substituents is 1. The zero-order valence-corrected chi connectivity index (χ0v) is 36.6. The van der Waals surface area contributed by atoms with E-state index in [0.717, 1.165) is 59.3 Å². The number of hydrogen-bond acceptors (Lipinski definition) is 2. The van der Waals surface area contributed by atoms with Crippen molar-refractivity contribution in [1.29, 1.82) is 0 Å². The number of benzene rings is 2. The van der Waals surface area contributed by atoms with Crippen LogP contribution in [0.15, 0.2) is 36.7 Å². The molecular formula is C44H59Br2MoN2O-. The summed E-state index contributed by atoms with van der Waals surface area (Å²) in [5.41, 5.74) is 13.1. The fourth-order valence-electron chi connectivity index (χ4n) is 9.93. The molecule has 6 aliphatic carbocycles. The van der Waals surface area contributed by atoms with E-state index < -0.39 is 0 Å². The molecule has 0 saturated heterocycles. The molecule has 0 unspecified atom stereocenters. The van der Waals surface area contributed by atoms with Crippen LogP contribution >= 0.6 is 31.9 Å². The number of nitrogens with zero attached hydrogens (tertiary/aromatic N) is 2. The molecule has 9 rings (SSSR count). The van der Waals surface area contributed by atoms with Crippen LogP contribution in [0.3, 0.4) is 0 Å². The topological polar surface area (TPSA) is 46.7 Å². The summed E-state index contributed by atoms with van der Waals surface area (Å²) < 4.78 is 9.91. The van der Waals surface area contributed by atoms with Crippen LogP contribution in [-0.4, -0.2) is 15.0 Å². The van der Waals surface area contributed by atoms with Gasteiger partial charge in [0.05, 0.1) is 4.47 Å². The zero-order chi connectivity index (χ0) is 35.6. The molecule has 272 valence electrons. The molecule has 4 saturated carbocycles. The molecule has 0 amide bonds. The molecule has 6 aliphatic rings. The third kappa shape index (κ3) is 9.49. The van der Waals surface area contributed by atoms with Crippen LogP contribution in [-0.2, 0) is 56.4 Å². The third-order valence-corrected chi connectivity index (χ3v) is 16.5. The monoisotopic (exact) mass is 887 g/mol. The van der Waals surface area contributed by atoms with Crippen LogP contribution in [0.5, 0.6) is 5.75 Å². The Morgan fingerprint density at radius 2 is 1.26 bits per heavy atom. The number of fused-ring (bicyclic) bond motifs is 2. The van der Waals surface area contributed by atoms with Crippen LogP contribution in [0, 0.1) is 43.9 Å². The molecule has 0 aliphatic heterocycles. The van der Waals surface area contributed by atoms with E-state index in [2.05, 4.69) is 81.1 Å². The van der Waals surface area contributed by atoms with E-state index in [4.69, 9.17) is 3.50 Å². The second kappa shape index (κ2) is 16.5. The van der Waals surface area contributed by atoms with Crippen molar-refractivity contribution in [2.75, 3.05) is 0 Å². The van der Waals surface area contributed by atoms with Crippen LogP contribution in [0.4, 0.5) is 0 Å². The fraction of sp³-hybridized carbons (Fsp3) is 0.614. The first kappa shape index (κ1) is 38.6. The number of aromatic hydroxyl groups is 1. The first-order valence-corrected chi connectivity index (χ1v) is 23.0.